The fourth-order valence-corrected chi connectivity index (χ4v) is 2.77. The lowest BCUT2D eigenvalue weighted by Crippen LogP contribution is -2.27. The molecule has 0 aliphatic heterocycles. The van der Waals surface area contributed by atoms with Gasteiger partial charge in [-0.1, -0.05) is 11.2 Å². The van der Waals surface area contributed by atoms with Crippen molar-refractivity contribution < 1.29 is 23.5 Å². The van der Waals surface area contributed by atoms with Crippen LogP contribution in [0.15, 0.2) is 47.0 Å². The first-order valence-electron chi connectivity index (χ1n) is 9.07. The summed E-state index contributed by atoms with van der Waals surface area (Å²) in [5.74, 6) is 2.58. The minimum Gasteiger partial charge on any atom is -0.497 e. The lowest BCUT2D eigenvalue weighted by molar-refractivity contribution is -0.120. The van der Waals surface area contributed by atoms with Crippen LogP contribution in [-0.4, -0.2) is 43.9 Å². The van der Waals surface area contributed by atoms with Crippen LogP contribution in [0, 0.1) is 0 Å². The Bertz CT molecular complexity index is 953. The molecule has 0 aliphatic carbocycles. The molecule has 1 N–H and O–H groups in total. The summed E-state index contributed by atoms with van der Waals surface area (Å²) in [5, 5.41) is 6.78. The maximum Gasteiger partial charge on any atom is 0.236 e. The zero-order valence-electron chi connectivity index (χ0n) is 16.6. The number of ether oxygens (including phenoxy) is 3. The number of hydrogen-bond donors (Lipinski definition) is 1. The predicted octanol–water partition coefficient (Wildman–Crippen LogP) is 2.66. The monoisotopic (exact) mass is 397 g/mol. The molecule has 0 fully saturated rings. The number of aromatic nitrogens is 2. The quantitative estimate of drug-likeness (QED) is 0.593. The number of carbonyl (C=O) groups is 1. The summed E-state index contributed by atoms with van der Waals surface area (Å²) in [5.41, 5.74) is 1.82. The van der Waals surface area contributed by atoms with Crippen molar-refractivity contribution >= 4 is 5.91 Å². The van der Waals surface area contributed by atoms with Gasteiger partial charge in [-0.2, -0.15) is 4.98 Å². The predicted molar refractivity (Wildman–Crippen MR) is 106 cm³/mol. The van der Waals surface area contributed by atoms with Gasteiger partial charge in [-0.3, -0.25) is 4.79 Å². The van der Waals surface area contributed by atoms with Crippen molar-refractivity contribution in [2.45, 2.75) is 12.8 Å². The van der Waals surface area contributed by atoms with Crippen LogP contribution in [0.5, 0.6) is 17.2 Å². The van der Waals surface area contributed by atoms with E-state index < -0.39 is 0 Å². The molecule has 0 saturated heterocycles. The maximum absolute atomic E-state index is 12.2. The Hall–Kier alpha value is -3.55. The number of benzene rings is 2. The molecule has 1 heterocycles. The van der Waals surface area contributed by atoms with E-state index >= 15 is 0 Å². The van der Waals surface area contributed by atoms with Crippen LogP contribution in [0.25, 0.3) is 11.4 Å². The average molecular weight is 397 g/mol. The Kier molecular flexibility index (Phi) is 6.67. The number of rotatable bonds is 9. The summed E-state index contributed by atoms with van der Waals surface area (Å²) < 4.78 is 20.8. The Morgan fingerprint density at radius 2 is 1.76 bits per heavy atom. The largest absolute Gasteiger partial charge is 0.497 e. The molecule has 152 valence electrons. The maximum atomic E-state index is 12.2. The SMILES string of the molecule is COc1ccc(-c2noc(CC(=O)NCCc3ccc(OC)c(OC)c3)n2)cc1. The summed E-state index contributed by atoms with van der Waals surface area (Å²) in [7, 11) is 4.79. The fraction of sp³-hybridized carbons (Fsp3) is 0.286. The molecule has 0 saturated carbocycles. The lowest BCUT2D eigenvalue weighted by Gasteiger charge is -2.09. The Morgan fingerprint density at radius 1 is 1.00 bits per heavy atom. The molecule has 0 spiro atoms. The molecule has 0 atom stereocenters. The summed E-state index contributed by atoms with van der Waals surface area (Å²) in [6.07, 6.45) is 0.683. The van der Waals surface area contributed by atoms with E-state index in [-0.39, 0.29) is 18.2 Å². The van der Waals surface area contributed by atoms with Crippen LogP contribution >= 0.6 is 0 Å². The van der Waals surface area contributed by atoms with Gasteiger partial charge in [0.1, 0.15) is 12.2 Å². The van der Waals surface area contributed by atoms with E-state index in [0.29, 0.717) is 30.3 Å². The summed E-state index contributed by atoms with van der Waals surface area (Å²) in [6.45, 7) is 0.480. The molecule has 0 aliphatic rings. The van der Waals surface area contributed by atoms with E-state index in [0.717, 1.165) is 16.9 Å². The van der Waals surface area contributed by atoms with E-state index in [2.05, 4.69) is 15.5 Å². The van der Waals surface area contributed by atoms with Gasteiger partial charge in [0.05, 0.1) is 21.3 Å². The smallest absolute Gasteiger partial charge is 0.236 e. The number of methoxy groups -OCH3 is 3. The third kappa shape index (κ3) is 5.25. The van der Waals surface area contributed by atoms with Crippen molar-refractivity contribution in [1.82, 2.24) is 15.5 Å². The summed E-state index contributed by atoms with van der Waals surface area (Å²) in [4.78, 5) is 16.4. The molecule has 8 heteroatoms. The van der Waals surface area contributed by atoms with E-state index in [4.69, 9.17) is 18.7 Å². The highest BCUT2D eigenvalue weighted by Gasteiger charge is 2.13. The Morgan fingerprint density at radius 3 is 2.45 bits per heavy atom. The first-order valence-corrected chi connectivity index (χ1v) is 9.07. The molecule has 3 aromatic rings. The van der Waals surface area contributed by atoms with Gasteiger partial charge in [-0.15, -0.1) is 0 Å². The standard InChI is InChI=1S/C21H23N3O5/c1-26-16-7-5-15(6-8-16)21-23-20(29-24-21)13-19(25)22-11-10-14-4-9-17(27-2)18(12-14)28-3/h4-9,12H,10-11,13H2,1-3H3,(H,22,25). The Balaban J connectivity index is 1.50. The van der Waals surface area contributed by atoms with Crippen molar-refractivity contribution in [3.8, 4) is 28.6 Å². The number of nitrogens with zero attached hydrogens (tertiary/aromatic N) is 2. The number of carbonyl (C=O) groups excluding carboxylic acids is 1. The van der Waals surface area contributed by atoms with Gasteiger partial charge in [0.25, 0.3) is 0 Å². The van der Waals surface area contributed by atoms with Gasteiger partial charge in [0.2, 0.25) is 17.6 Å². The lowest BCUT2D eigenvalue weighted by atomic mass is 10.1. The summed E-state index contributed by atoms with van der Waals surface area (Å²) >= 11 is 0. The van der Waals surface area contributed by atoms with Crippen LogP contribution < -0.4 is 19.5 Å². The topological polar surface area (TPSA) is 95.7 Å². The number of amides is 1. The highest BCUT2D eigenvalue weighted by Crippen LogP contribution is 2.27. The average Bonchev–Trinajstić information content (AvgIpc) is 3.22. The fourth-order valence-electron chi connectivity index (χ4n) is 2.77. The van der Waals surface area contributed by atoms with E-state index in [1.165, 1.54) is 0 Å². The second-order valence-electron chi connectivity index (χ2n) is 6.21. The van der Waals surface area contributed by atoms with Gasteiger partial charge < -0.3 is 24.1 Å². The van der Waals surface area contributed by atoms with Gasteiger partial charge >= 0.3 is 0 Å². The third-order valence-electron chi connectivity index (χ3n) is 4.31. The molecule has 1 amide bonds. The van der Waals surface area contributed by atoms with Gasteiger partial charge in [0.15, 0.2) is 11.5 Å². The second kappa shape index (κ2) is 9.59. The van der Waals surface area contributed by atoms with Crippen molar-refractivity contribution in [1.29, 1.82) is 0 Å². The van der Waals surface area contributed by atoms with Crippen molar-refractivity contribution in [2.75, 3.05) is 27.9 Å². The first-order chi connectivity index (χ1) is 14.1. The molecule has 0 unspecified atom stereocenters. The van der Waals surface area contributed by atoms with E-state index in [1.807, 2.05) is 42.5 Å². The minimum atomic E-state index is -0.185. The van der Waals surface area contributed by atoms with Gasteiger partial charge in [-0.25, -0.2) is 0 Å². The van der Waals surface area contributed by atoms with Crippen LogP contribution in [0.2, 0.25) is 0 Å². The minimum absolute atomic E-state index is 0.0229. The molecule has 1 aromatic heterocycles. The van der Waals surface area contributed by atoms with Crippen LogP contribution in [0.3, 0.4) is 0 Å². The zero-order chi connectivity index (χ0) is 20.6. The molecule has 2 aromatic carbocycles. The van der Waals surface area contributed by atoms with E-state index in [9.17, 15) is 4.79 Å². The van der Waals surface area contributed by atoms with E-state index in [1.54, 1.807) is 21.3 Å². The third-order valence-corrected chi connectivity index (χ3v) is 4.31. The van der Waals surface area contributed by atoms with Gasteiger partial charge in [0, 0.05) is 12.1 Å². The number of hydrogen-bond acceptors (Lipinski definition) is 7. The molecule has 29 heavy (non-hydrogen) atoms. The summed E-state index contributed by atoms with van der Waals surface area (Å²) in [6, 6.07) is 13.0. The zero-order valence-corrected chi connectivity index (χ0v) is 16.6. The molecule has 0 radical (unpaired) electrons. The normalized spacial score (nSPS) is 10.4. The second-order valence-corrected chi connectivity index (χ2v) is 6.21. The number of nitrogens with one attached hydrogen (secondary N) is 1. The van der Waals surface area contributed by atoms with Crippen LogP contribution in [0.4, 0.5) is 0 Å². The molecule has 8 nitrogen and oxygen atoms in total. The molecular weight excluding hydrogens is 374 g/mol. The molecular formula is C21H23N3O5. The van der Waals surface area contributed by atoms with Crippen LogP contribution in [0.1, 0.15) is 11.5 Å². The Labute approximate surface area is 168 Å². The molecule has 3 rings (SSSR count). The van der Waals surface area contributed by atoms with Crippen molar-refractivity contribution in [3.63, 3.8) is 0 Å². The van der Waals surface area contributed by atoms with Crippen molar-refractivity contribution in [3.05, 3.63) is 53.9 Å². The first kappa shape index (κ1) is 20.2. The van der Waals surface area contributed by atoms with Crippen molar-refractivity contribution in [2.24, 2.45) is 0 Å². The van der Waals surface area contributed by atoms with Crippen LogP contribution in [-0.2, 0) is 17.6 Å². The highest BCUT2D eigenvalue weighted by atomic mass is 16.5. The molecule has 0 bridgehead atoms. The highest BCUT2D eigenvalue weighted by molar-refractivity contribution is 5.77. The van der Waals surface area contributed by atoms with Gasteiger partial charge in [-0.05, 0) is 48.4 Å².